The van der Waals surface area contributed by atoms with Crippen LogP contribution < -0.4 is 15.0 Å². The second kappa shape index (κ2) is 7.51. The highest BCUT2D eigenvalue weighted by Crippen LogP contribution is 2.36. The SMILES string of the molecule is CC1Oc2ccc(NC(=O)c3ccc(Br)o3)cc2N(CCN(C)C)C1=O. The summed E-state index contributed by atoms with van der Waals surface area (Å²) in [5, 5.41) is 2.78. The molecule has 0 radical (unpaired) electrons. The number of nitrogens with zero attached hydrogens (tertiary/aromatic N) is 2. The van der Waals surface area contributed by atoms with Crippen LogP contribution in [0.15, 0.2) is 39.4 Å². The number of likely N-dealkylation sites (N-methyl/N-ethyl adjacent to an activating group) is 1. The maximum atomic E-state index is 12.5. The number of nitrogens with one attached hydrogen (secondary N) is 1. The molecule has 1 aliphatic heterocycles. The highest BCUT2D eigenvalue weighted by molar-refractivity contribution is 9.10. The third-order valence-corrected chi connectivity index (χ3v) is 4.42. The van der Waals surface area contributed by atoms with Crippen molar-refractivity contribution in [2.75, 3.05) is 37.4 Å². The number of furan rings is 1. The van der Waals surface area contributed by atoms with Crippen molar-refractivity contribution in [1.29, 1.82) is 0 Å². The van der Waals surface area contributed by atoms with E-state index in [9.17, 15) is 9.59 Å². The summed E-state index contributed by atoms with van der Waals surface area (Å²) in [5.41, 5.74) is 1.20. The van der Waals surface area contributed by atoms with Crippen LogP contribution in [0.3, 0.4) is 0 Å². The topological polar surface area (TPSA) is 75.0 Å². The largest absolute Gasteiger partial charge is 0.479 e. The Kier molecular flexibility index (Phi) is 5.33. The fourth-order valence-electron chi connectivity index (χ4n) is 2.64. The minimum atomic E-state index is -0.537. The van der Waals surface area contributed by atoms with Crippen LogP contribution in [0.5, 0.6) is 5.75 Å². The molecule has 0 saturated carbocycles. The van der Waals surface area contributed by atoms with Gasteiger partial charge in [0, 0.05) is 18.8 Å². The molecule has 8 heteroatoms. The number of carbonyl (C=O) groups excluding carboxylic acids is 2. The summed E-state index contributed by atoms with van der Waals surface area (Å²) < 4.78 is 11.4. The van der Waals surface area contributed by atoms with Crippen LogP contribution >= 0.6 is 15.9 Å². The lowest BCUT2D eigenvalue weighted by molar-refractivity contribution is -0.125. The van der Waals surface area contributed by atoms with Gasteiger partial charge in [0.25, 0.3) is 11.8 Å². The minimum Gasteiger partial charge on any atom is -0.479 e. The molecule has 138 valence electrons. The standard InChI is InChI=1S/C18H20BrN3O4/c1-11-18(24)22(9-8-21(2)3)13-10-12(4-5-14(13)25-11)20-17(23)15-6-7-16(19)26-15/h4-7,10-11H,8-9H2,1-3H3,(H,20,23). The Hall–Kier alpha value is -2.32. The number of halogens is 1. The first kappa shape index (κ1) is 18.5. The van der Waals surface area contributed by atoms with Crippen molar-refractivity contribution in [3.63, 3.8) is 0 Å². The zero-order valence-electron chi connectivity index (χ0n) is 14.8. The molecular weight excluding hydrogens is 402 g/mol. The lowest BCUT2D eigenvalue weighted by atomic mass is 10.1. The molecule has 3 rings (SSSR count). The monoisotopic (exact) mass is 421 g/mol. The first-order chi connectivity index (χ1) is 12.3. The van der Waals surface area contributed by atoms with Gasteiger partial charge in [-0.25, -0.2) is 0 Å². The summed E-state index contributed by atoms with van der Waals surface area (Å²) in [5.74, 6) is 0.347. The van der Waals surface area contributed by atoms with Crippen molar-refractivity contribution in [1.82, 2.24) is 4.90 Å². The second-order valence-corrected chi connectivity index (χ2v) is 7.08. The number of hydrogen-bond donors (Lipinski definition) is 1. The molecule has 2 aromatic rings. The van der Waals surface area contributed by atoms with E-state index in [4.69, 9.17) is 9.15 Å². The number of carbonyl (C=O) groups is 2. The van der Waals surface area contributed by atoms with Crippen molar-refractivity contribution in [2.45, 2.75) is 13.0 Å². The second-order valence-electron chi connectivity index (χ2n) is 6.29. The van der Waals surface area contributed by atoms with Crippen LogP contribution in [-0.4, -0.2) is 50.0 Å². The summed E-state index contributed by atoms with van der Waals surface area (Å²) in [6, 6.07) is 8.47. The van der Waals surface area contributed by atoms with Gasteiger partial charge in [-0.3, -0.25) is 9.59 Å². The van der Waals surface area contributed by atoms with E-state index in [1.54, 1.807) is 42.2 Å². The predicted molar refractivity (Wildman–Crippen MR) is 102 cm³/mol. The number of anilines is 2. The fraction of sp³-hybridized carbons (Fsp3) is 0.333. The summed E-state index contributed by atoms with van der Waals surface area (Å²) in [6.07, 6.45) is -0.537. The zero-order valence-corrected chi connectivity index (χ0v) is 16.4. The van der Waals surface area contributed by atoms with E-state index in [2.05, 4.69) is 21.2 Å². The normalized spacial score (nSPS) is 16.4. The smallest absolute Gasteiger partial charge is 0.291 e. The van der Waals surface area contributed by atoms with E-state index in [1.165, 1.54) is 0 Å². The molecule has 26 heavy (non-hydrogen) atoms. The molecule has 7 nitrogen and oxygen atoms in total. The number of amides is 2. The molecule has 1 aromatic carbocycles. The lowest BCUT2D eigenvalue weighted by Crippen LogP contribution is -2.46. The Morgan fingerprint density at radius 1 is 1.31 bits per heavy atom. The van der Waals surface area contributed by atoms with Crippen LogP contribution in [0.2, 0.25) is 0 Å². The van der Waals surface area contributed by atoms with Crippen LogP contribution in [0.1, 0.15) is 17.5 Å². The average Bonchev–Trinajstić information content (AvgIpc) is 3.02. The van der Waals surface area contributed by atoms with E-state index >= 15 is 0 Å². The van der Waals surface area contributed by atoms with Gasteiger partial charge in [-0.1, -0.05) is 0 Å². The highest BCUT2D eigenvalue weighted by atomic mass is 79.9. The predicted octanol–water partition coefficient (Wildman–Crippen LogP) is 2.97. The highest BCUT2D eigenvalue weighted by Gasteiger charge is 2.31. The van der Waals surface area contributed by atoms with Crippen molar-refractivity contribution >= 4 is 39.1 Å². The minimum absolute atomic E-state index is 0.0993. The van der Waals surface area contributed by atoms with Crippen LogP contribution in [0.25, 0.3) is 0 Å². The van der Waals surface area contributed by atoms with Crippen LogP contribution in [0.4, 0.5) is 11.4 Å². The molecule has 0 spiro atoms. The maximum Gasteiger partial charge on any atom is 0.291 e. The van der Waals surface area contributed by atoms with Gasteiger partial charge in [-0.15, -0.1) is 0 Å². The van der Waals surface area contributed by atoms with E-state index < -0.39 is 6.10 Å². The van der Waals surface area contributed by atoms with Gasteiger partial charge in [0.05, 0.1) is 5.69 Å². The summed E-state index contributed by atoms with van der Waals surface area (Å²) >= 11 is 3.17. The van der Waals surface area contributed by atoms with Gasteiger partial charge >= 0.3 is 0 Å². The van der Waals surface area contributed by atoms with E-state index in [0.717, 1.165) is 6.54 Å². The van der Waals surface area contributed by atoms with Crippen LogP contribution in [-0.2, 0) is 4.79 Å². The third-order valence-electron chi connectivity index (χ3n) is 3.99. The fourth-order valence-corrected chi connectivity index (χ4v) is 2.95. The lowest BCUT2D eigenvalue weighted by Gasteiger charge is -2.34. The summed E-state index contributed by atoms with van der Waals surface area (Å²) in [4.78, 5) is 28.5. The molecule has 2 amide bonds. The first-order valence-electron chi connectivity index (χ1n) is 8.18. The molecule has 1 aromatic heterocycles. The average molecular weight is 422 g/mol. The number of hydrogen-bond acceptors (Lipinski definition) is 5. The molecule has 0 aliphatic carbocycles. The molecular formula is C18H20BrN3O4. The Balaban J connectivity index is 1.85. The molecule has 0 bridgehead atoms. The molecule has 0 fully saturated rings. The van der Waals surface area contributed by atoms with Crippen molar-refractivity contribution in [3.8, 4) is 5.75 Å². The van der Waals surface area contributed by atoms with Crippen LogP contribution in [0, 0.1) is 0 Å². The third kappa shape index (κ3) is 3.91. The Morgan fingerprint density at radius 2 is 2.08 bits per heavy atom. The zero-order chi connectivity index (χ0) is 18.8. The number of rotatable bonds is 5. The van der Waals surface area contributed by atoms with Crippen molar-refractivity contribution in [2.24, 2.45) is 0 Å². The summed E-state index contributed by atoms with van der Waals surface area (Å²) in [6.45, 7) is 2.99. The van der Waals surface area contributed by atoms with Gasteiger partial charge in [-0.2, -0.15) is 0 Å². The Bertz CT molecular complexity index is 834. The molecule has 1 N–H and O–H groups in total. The molecule has 0 saturated heterocycles. The van der Waals surface area contributed by atoms with E-state index in [0.29, 0.717) is 28.3 Å². The van der Waals surface area contributed by atoms with Crippen molar-refractivity contribution in [3.05, 3.63) is 40.8 Å². The van der Waals surface area contributed by atoms with Crippen molar-refractivity contribution < 1.29 is 18.7 Å². The molecule has 1 aliphatic rings. The number of ether oxygens (including phenoxy) is 1. The van der Waals surface area contributed by atoms with Gasteiger partial charge in [0.2, 0.25) is 0 Å². The maximum absolute atomic E-state index is 12.5. The number of fused-ring (bicyclic) bond motifs is 1. The van der Waals surface area contributed by atoms with E-state index in [-0.39, 0.29) is 17.6 Å². The van der Waals surface area contributed by atoms with Gasteiger partial charge in [0.1, 0.15) is 5.75 Å². The van der Waals surface area contributed by atoms with Gasteiger partial charge in [0.15, 0.2) is 16.5 Å². The Morgan fingerprint density at radius 3 is 2.73 bits per heavy atom. The van der Waals surface area contributed by atoms with E-state index in [1.807, 2.05) is 19.0 Å². The molecule has 1 unspecified atom stereocenters. The summed E-state index contributed by atoms with van der Waals surface area (Å²) in [7, 11) is 3.90. The first-order valence-corrected chi connectivity index (χ1v) is 8.98. The molecule has 2 heterocycles. The van der Waals surface area contributed by atoms with Gasteiger partial charge in [-0.05, 0) is 67.3 Å². The quantitative estimate of drug-likeness (QED) is 0.802. The Labute approximate surface area is 160 Å². The van der Waals surface area contributed by atoms with Gasteiger partial charge < -0.3 is 24.3 Å². The molecule has 1 atom stereocenters. The number of benzene rings is 1.